The Balaban J connectivity index is 1.26. The highest BCUT2D eigenvalue weighted by molar-refractivity contribution is 6.24. The van der Waals surface area contributed by atoms with Gasteiger partial charge in [-0.15, -0.1) is 0 Å². The third kappa shape index (κ3) is 3.61. The van der Waals surface area contributed by atoms with Crippen molar-refractivity contribution in [3.05, 3.63) is 66.0 Å². The number of nitriles is 1. The average Bonchev–Trinajstić information content (AvgIpc) is 3.55. The molecule has 11 nitrogen and oxygen atoms in total. The second kappa shape index (κ2) is 8.60. The molecule has 6 rings (SSSR count). The minimum Gasteiger partial charge on any atom is -0.437 e. The smallest absolute Gasteiger partial charge is 0.328 e. The van der Waals surface area contributed by atoms with Crippen LogP contribution in [-0.2, 0) is 16.0 Å². The summed E-state index contributed by atoms with van der Waals surface area (Å²) >= 11 is 0. The summed E-state index contributed by atoms with van der Waals surface area (Å²) in [6.07, 6.45) is 4.84. The molecule has 3 aliphatic rings. The molecule has 2 N–H and O–H groups in total. The van der Waals surface area contributed by atoms with E-state index >= 15 is 0 Å². The number of urea groups is 1. The molecule has 0 saturated carbocycles. The molecule has 2 fully saturated rings. The maximum absolute atomic E-state index is 12.7. The van der Waals surface area contributed by atoms with Crippen molar-refractivity contribution >= 4 is 35.0 Å². The van der Waals surface area contributed by atoms with Gasteiger partial charge in [0.2, 0.25) is 5.88 Å². The summed E-state index contributed by atoms with van der Waals surface area (Å²) in [5.41, 5.74) is 1.59. The first kappa shape index (κ1) is 22.5. The number of amides is 4. The van der Waals surface area contributed by atoms with Gasteiger partial charge in [0, 0.05) is 25.4 Å². The summed E-state index contributed by atoms with van der Waals surface area (Å²) in [5.74, 6) is 0.422. The van der Waals surface area contributed by atoms with Crippen molar-refractivity contribution in [3.63, 3.8) is 0 Å². The van der Waals surface area contributed by atoms with E-state index in [-0.39, 0.29) is 0 Å². The number of hydrogen-bond acceptors (Lipinski definition) is 9. The van der Waals surface area contributed by atoms with E-state index < -0.39 is 23.4 Å². The average molecular weight is 495 g/mol. The molecule has 184 valence electrons. The second-order valence-corrected chi connectivity index (χ2v) is 8.99. The van der Waals surface area contributed by atoms with Crippen molar-refractivity contribution in [3.8, 4) is 17.7 Å². The third-order valence-electron chi connectivity index (χ3n) is 6.94. The molecule has 0 aliphatic carbocycles. The van der Waals surface area contributed by atoms with Crippen LogP contribution in [0.25, 0.3) is 0 Å². The number of nitrogens with one attached hydrogen (secondary N) is 2. The predicted molar refractivity (Wildman–Crippen MR) is 131 cm³/mol. The number of hydrogen-bond donors (Lipinski definition) is 2. The molecule has 1 aromatic carbocycles. The number of ether oxygens (including phenoxy) is 1. The van der Waals surface area contributed by atoms with E-state index in [0.717, 1.165) is 30.0 Å². The number of pyridine rings is 2. The van der Waals surface area contributed by atoms with Crippen LogP contribution in [-0.4, -0.2) is 46.4 Å². The van der Waals surface area contributed by atoms with Crippen molar-refractivity contribution in [2.24, 2.45) is 0 Å². The van der Waals surface area contributed by atoms with Crippen LogP contribution in [0.15, 0.2) is 54.9 Å². The first-order valence-electron chi connectivity index (χ1n) is 11.8. The van der Waals surface area contributed by atoms with Crippen LogP contribution in [0.4, 0.5) is 22.0 Å². The fraction of sp³-hybridized carbons (Fsp3) is 0.231. The predicted octanol–water partition coefficient (Wildman–Crippen LogP) is 2.54. The highest BCUT2D eigenvalue weighted by Gasteiger charge is 2.57. The Hall–Kier alpha value is -4.98. The summed E-state index contributed by atoms with van der Waals surface area (Å²) in [7, 11) is 0. The minimum atomic E-state index is -1.48. The zero-order valence-corrected chi connectivity index (χ0v) is 19.6. The Kier molecular flexibility index (Phi) is 5.22. The van der Waals surface area contributed by atoms with Crippen molar-refractivity contribution < 1.29 is 19.1 Å². The molecule has 1 spiro atoms. The van der Waals surface area contributed by atoms with E-state index in [0.29, 0.717) is 42.3 Å². The number of nitrogens with zero attached hydrogens (tertiary/aromatic N) is 5. The topological polar surface area (TPSA) is 141 Å². The summed E-state index contributed by atoms with van der Waals surface area (Å²) < 4.78 is 6.17. The van der Waals surface area contributed by atoms with E-state index in [1.165, 1.54) is 0 Å². The fourth-order valence-corrected chi connectivity index (χ4v) is 5.24. The van der Waals surface area contributed by atoms with Gasteiger partial charge >= 0.3 is 6.03 Å². The lowest BCUT2D eigenvalue weighted by atomic mass is 9.92. The van der Waals surface area contributed by atoms with Crippen LogP contribution in [0, 0.1) is 11.3 Å². The van der Waals surface area contributed by atoms with Crippen LogP contribution in [0.3, 0.4) is 0 Å². The molecule has 3 aromatic rings. The van der Waals surface area contributed by atoms with Crippen LogP contribution in [0.2, 0.25) is 0 Å². The maximum atomic E-state index is 12.7. The molecule has 5 heterocycles. The molecular weight excluding hydrogens is 474 g/mol. The molecule has 11 heteroatoms. The first-order valence-corrected chi connectivity index (χ1v) is 11.8. The number of anilines is 3. The molecule has 4 amide bonds. The number of imide groups is 2. The molecule has 0 unspecified atom stereocenters. The quantitative estimate of drug-likeness (QED) is 0.522. The minimum absolute atomic E-state index is 0.297. The Morgan fingerprint density at radius 3 is 2.51 bits per heavy atom. The zero-order chi connectivity index (χ0) is 25.6. The van der Waals surface area contributed by atoms with E-state index in [2.05, 4.69) is 31.6 Å². The van der Waals surface area contributed by atoms with Gasteiger partial charge in [0.15, 0.2) is 11.3 Å². The number of fused-ring (bicyclic) bond motifs is 1. The number of barbiturate groups is 1. The molecule has 37 heavy (non-hydrogen) atoms. The highest BCUT2D eigenvalue weighted by atomic mass is 16.5. The molecule has 2 saturated heterocycles. The summed E-state index contributed by atoms with van der Waals surface area (Å²) in [4.78, 5) is 49.6. The van der Waals surface area contributed by atoms with Gasteiger partial charge in [0.05, 0.1) is 23.1 Å². The molecule has 0 radical (unpaired) electrons. The van der Waals surface area contributed by atoms with E-state index in [1.807, 2.05) is 24.3 Å². The second-order valence-electron chi connectivity index (χ2n) is 8.99. The van der Waals surface area contributed by atoms with Crippen LogP contribution in [0.5, 0.6) is 11.6 Å². The largest absolute Gasteiger partial charge is 0.437 e. The van der Waals surface area contributed by atoms with E-state index in [4.69, 9.17) is 10.00 Å². The lowest BCUT2D eigenvalue weighted by molar-refractivity contribution is -0.137. The van der Waals surface area contributed by atoms with Gasteiger partial charge in [-0.1, -0.05) is 12.1 Å². The number of para-hydroxylation sites is 1. The van der Waals surface area contributed by atoms with Crippen LogP contribution < -0.4 is 25.2 Å². The SMILES string of the molecule is N#Cc1ccc(N2CCc3cccc(Oc4ccc(N5CCCC56C(=O)NC(=O)NC6=O)cn4)c32)nc1. The Bertz CT molecular complexity index is 1440. The monoisotopic (exact) mass is 495 g/mol. The van der Waals surface area contributed by atoms with Crippen molar-refractivity contribution in [2.45, 2.75) is 24.8 Å². The van der Waals surface area contributed by atoms with Gasteiger partial charge in [0.25, 0.3) is 11.8 Å². The van der Waals surface area contributed by atoms with E-state index in [9.17, 15) is 14.4 Å². The Morgan fingerprint density at radius 1 is 0.973 bits per heavy atom. The normalized spacial score (nSPS) is 17.9. The van der Waals surface area contributed by atoms with Crippen LogP contribution >= 0.6 is 0 Å². The first-order chi connectivity index (χ1) is 18.0. The molecule has 2 aromatic heterocycles. The fourth-order valence-electron chi connectivity index (χ4n) is 5.24. The van der Waals surface area contributed by atoms with Gasteiger partial charge in [-0.25, -0.2) is 14.8 Å². The lowest BCUT2D eigenvalue weighted by Crippen LogP contribution is -2.71. The third-order valence-corrected chi connectivity index (χ3v) is 6.94. The van der Waals surface area contributed by atoms with Gasteiger partial charge in [0.1, 0.15) is 11.9 Å². The van der Waals surface area contributed by atoms with Crippen molar-refractivity contribution in [1.82, 2.24) is 20.6 Å². The number of rotatable bonds is 4. The number of carbonyl (C=O) groups is 3. The maximum Gasteiger partial charge on any atom is 0.328 e. The Morgan fingerprint density at radius 2 is 1.81 bits per heavy atom. The van der Waals surface area contributed by atoms with E-state index in [1.54, 1.807) is 35.5 Å². The molecule has 0 atom stereocenters. The molecule has 0 bridgehead atoms. The van der Waals surface area contributed by atoms with Crippen LogP contribution in [0.1, 0.15) is 24.0 Å². The van der Waals surface area contributed by atoms with Crippen molar-refractivity contribution in [2.75, 3.05) is 22.9 Å². The lowest BCUT2D eigenvalue weighted by Gasteiger charge is -2.38. The number of benzene rings is 1. The Labute approximate surface area is 211 Å². The number of carbonyl (C=O) groups excluding carboxylic acids is 3. The summed E-state index contributed by atoms with van der Waals surface area (Å²) in [5, 5.41) is 13.5. The van der Waals surface area contributed by atoms with Gasteiger partial charge in [-0.2, -0.15) is 5.26 Å². The standard InChI is InChI=1S/C26H21N7O4/c27-13-16-5-7-20(28-14-16)32-12-9-17-3-1-4-19(22(17)32)37-21-8-6-18(15-29-21)33-11-2-10-26(33)23(34)30-25(36)31-24(26)35/h1,3-8,14-15H,2,9-12H2,(H2,30,31,34,35,36). The van der Waals surface area contributed by atoms with Gasteiger partial charge in [-0.05, 0) is 49.1 Å². The summed E-state index contributed by atoms with van der Waals surface area (Å²) in [6, 6.07) is 14.1. The summed E-state index contributed by atoms with van der Waals surface area (Å²) in [6.45, 7) is 1.19. The van der Waals surface area contributed by atoms with Gasteiger partial charge in [-0.3, -0.25) is 20.2 Å². The van der Waals surface area contributed by atoms with Crippen molar-refractivity contribution in [1.29, 1.82) is 5.26 Å². The van der Waals surface area contributed by atoms with Gasteiger partial charge < -0.3 is 14.5 Å². The highest BCUT2D eigenvalue weighted by Crippen LogP contribution is 2.43. The number of aromatic nitrogens is 2. The zero-order valence-electron chi connectivity index (χ0n) is 19.6. The molecular formula is C26H21N7O4. The molecule has 3 aliphatic heterocycles.